The van der Waals surface area contributed by atoms with Crippen molar-refractivity contribution in [2.24, 2.45) is 0 Å². The maximum absolute atomic E-state index is 12.0. The Kier molecular flexibility index (Phi) is 6.83. The van der Waals surface area contributed by atoms with Gasteiger partial charge in [0.15, 0.2) is 0 Å². The third kappa shape index (κ3) is 5.10. The summed E-state index contributed by atoms with van der Waals surface area (Å²) in [4.78, 5) is 12.0. The van der Waals surface area contributed by atoms with Crippen LogP contribution in [0.25, 0.3) is 0 Å². The fraction of sp³-hybridized carbons (Fsp3) is 0.500. The van der Waals surface area contributed by atoms with Gasteiger partial charge in [-0.2, -0.15) is 11.8 Å². The molecule has 2 N–H and O–H groups in total. The standard InChI is InChI=1S/C14H22N2OS/c1-11(8-9-18-3)16-14(17)13-6-4-12(5-7-13)10-15-2/h4-7,11,15H,8-10H2,1-3H3,(H,16,17). The molecule has 0 aliphatic rings. The molecule has 0 spiro atoms. The smallest absolute Gasteiger partial charge is 0.251 e. The Hall–Kier alpha value is -1.00. The number of amides is 1. The summed E-state index contributed by atoms with van der Waals surface area (Å²) in [6.07, 6.45) is 3.08. The van der Waals surface area contributed by atoms with Crippen LogP contribution >= 0.6 is 11.8 Å². The molecule has 100 valence electrons. The molecule has 18 heavy (non-hydrogen) atoms. The van der Waals surface area contributed by atoms with Gasteiger partial charge < -0.3 is 10.6 Å². The second-order valence-corrected chi connectivity index (χ2v) is 5.37. The van der Waals surface area contributed by atoms with Crippen molar-refractivity contribution in [2.75, 3.05) is 19.1 Å². The topological polar surface area (TPSA) is 41.1 Å². The van der Waals surface area contributed by atoms with Crippen LogP contribution in [0.15, 0.2) is 24.3 Å². The van der Waals surface area contributed by atoms with Crippen LogP contribution < -0.4 is 10.6 Å². The van der Waals surface area contributed by atoms with Gasteiger partial charge in [0.25, 0.3) is 5.91 Å². The summed E-state index contributed by atoms with van der Waals surface area (Å²) in [6.45, 7) is 2.87. The molecular weight excluding hydrogens is 244 g/mol. The molecule has 0 heterocycles. The fourth-order valence-electron chi connectivity index (χ4n) is 1.65. The van der Waals surface area contributed by atoms with Gasteiger partial charge in [0.2, 0.25) is 0 Å². The van der Waals surface area contributed by atoms with Crippen LogP contribution in [0, 0.1) is 0 Å². The van der Waals surface area contributed by atoms with Crippen molar-refractivity contribution in [3.8, 4) is 0 Å². The van der Waals surface area contributed by atoms with Gasteiger partial charge in [0, 0.05) is 18.2 Å². The van der Waals surface area contributed by atoms with Gasteiger partial charge in [0.05, 0.1) is 0 Å². The van der Waals surface area contributed by atoms with Crippen LogP contribution in [0.2, 0.25) is 0 Å². The maximum Gasteiger partial charge on any atom is 0.251 e. The zero-order valence-corrected chi connectivity index (χ0v) is 12.1. The highest BCUT2D eigenvalue weighted by atomic mass is 32.2. The summed E-state index contributed by atoms with van der Waals surface area (Å²) in [7, 11) is 1.91. The van der Waals surface area contributed by atoms with Crippen molar-refractivity contribution in [1.82, 2.24) is 10.6 Å². The summed E-state index contributed by atoms with van der Waals surface area (Å²) < 4.78 is 0. The number of carbonyl (C=O) groups is 1. The zero-order valence-electron chi connectivity index (χ0n) is 11.3. The molecule has 4 heteroatoms. The van der Waals surface area contributed by atoms with E-state index in [-0.39, 0.29) is 11.9 Å². The molecule has 1 aromatic carbocycles. The van der Waals surface area contributed by atoms with Crippen molar-refractivity contribution in [3.63, 3.8) is 0 Å². The minimum absolute atomic E-state index is 0.0135. The number of carbonyl (C=O) groups excluding carboxylic acids is 1. The second-order valence-electron chi connectivity index (χ2n) is 4.38. The lowest BCUT2D eigenvalue weighted by atomic mass is 10.1. The van der Waals surface area contributed by atoms with E-state index in [0.717, 1.165) is 24.3 Å². The first kappa shape index (κ1) is 15.1. The minimum Gasteiger partial charge on any atom is -0.350 e. The molecule has 0 radical (unpaired) electrons. The molecule has 1 rings (SSSR count). The lowest BCUT2D eigenvalue weighted by molar-refractivity contribution is 0.0939. The van der Waals surface area contributed by atoms with Crippen LogP contribution in [-0.4, -0.2) is 31.0 Å². The molecule has 0 bridgehead atoms. The van der Waals surface area contributed by atoms with Gasteiger partial charge in [-0.15, -0.1) is 0 Å². The van der Waals surface area contributed by atoms with E-state index in [4.69, 9.17) is 0 Å². The molecule has 1 aromatic rings. The Morgan fingerprint density at radius 3 is 2.56 bits per heavy atom. The lowest BCUT2D eigenvalue weighted by Gasteiger charge is -2.13. The van der Waals surface area contributed by atoms with Gasteiger partial charge in [-0.05, 0) is 50.1 Å². The maximum atomic E-state index is 12.0. The number of thioether (sulfide) groups is 1. The average molecular weight is 266 g/mol. The highest BCUT2D eigenvalue weighted by Crippen LogP contribution is 2.06. The Bertz CT molecular complexity index is 365. The number of nitrogens with one attached hydrogen (secondary N) is 2. The highest BCUT2D eigenvalue weighted by Gasteiger charge is 2.09. The quantitative estimate of drug-likeness (QED) is 0.795. The molecule has 1 atom stereocenters. The summed E-state index contributed by atoms with van der Waals surface area (Å²) in [5.41, 5.74) is 1.91. The Morgan fingerprint density at radius 1 is 1.33 bits per heavy atom. The van der Waals surface area contributed by atoms with Gasteiger partial charge in [0.1, 0.15) is 0 Å². The van der Waals surface area contributed by atoms with Crippen LogP contribution in [-0.2, 0) is 6.54 Å². The lowest BCUT2D eigenvalue weighted by Crippen LogP contribution is -2.32. The van der Waals surface area contributed by atoms with Crippen LogP contribution in [0.5, 0.6) is 0 Å². The normalized spacial score (nSPS) is 12.2. The van der Waals surface area contributed by atoms with E-state index < -0.39 is 0 Å². The molecule has 0 fully saturated rings. The third-order valence-corrected chi connectivity index (χ3v) is 3.37. The predicted molar refractivity (Wildman–Crippen MR) is 79.1 cm³/mol. The van der Waals surface area contributed by atoms with E-state index in [2.05, 4.69) is 16.9 Å². The summed E-state index contributed by atoms with van der Waals surface area (Å²) >= 11 is 1.80. The van der Waals surface area contributed by atoms with Gasteiger partial charge in [-0.25, -0.2) is 0 Å². The molecule has 0 saturated carbocycles. The van der Waals surface area contributed by atoms with Gasteiger partial charge in [-0.1, -0.05) is 12.1 Å². The Labute approximate surface area is 114 Å². The molecule has 0 aromatic heterocycles. The van der Waals surface area contributed by atoms with E-state index in [9.17, 15) is 4.79 Å². The number of benzene rings is 1. The third-order valence-electron chi connectivity index (χ3n) is 2.73. The Morgan fingerprint density at radius 2 is 2.00 bits per heavy atom. The number of rotatable bonds is 7. The summed E-state index contributed by atoms with van der Waals surface area (Å²) in [6, 6.07) is 7.95. The fourth-order valence-corrected chi connectivity index (χ4v) is 2.24. The van der Waals surface area contributed by atoms with Gasteiger partial charge in [-0.3, -0.25) is 4.79 Å². The first-order chi connectivity index (χ1) is 8.67. The van der Waals surface area contributed by atoms with Crippen molar-refractivity contribution in [1.29, 1.82) is 0 Å². The molecule has 0 saturated heterocycles. The summed E-state index contributed by atoms with van der Waals surface area (Å²) in [5.74, 6) is 1.09. The Balaban J connectivity index is 2.50. The minimum atomic E-state index is 0.0135. The van der Waals surface area contributed by atoms with E-state index in [1.54, 1.807) is 11.8 Å². The molecule has 1 amide bonds. The monoisotopic (exact) mass is 266 g/mol. The molecule has 3 nitrogen and oxygen atoms in total. The number of hydrogen-bond acceptors (Lipinski definition) is 3. The first-order valence-electron chi connectivity index (χ1n) is 6.20. The number of hydrogen-bond donors (Lipinski definition) is 2. The van der Waals surface area contributed by atoms with Crippen molar-refractivity contribution in [2.45, 2.75) is 25.9 Å². The first-order valence-corrected chi connectivity index (χ1v) is 7.60. The second kappa shape index (κ2) is 8.16. The van der Waals surface area contributed by atoms with Crippen molar-refractivity contribution >= 4 is 17.7 Å². The average Bonchev–Trinajstić information content (AvgIpc) is 2.37. The van der Waals surface area contributed by atoms with E-state index in [1.807, 2.05) is 38.2 Å². The molecule has 1 unspecified atom stereocenters. The highest BCUT2D eigenvalue weighted by molar-refractivity contribution is 7.98. The largest absolute Gasteiger partial charge is 0.350 e. The van der Waals surface area contributed by atoms with Gasteiger partial charge >= 0.3 is 0 Å². The molecule has 0 aliphatic carbocycles. The van der Waals surface area contributed by atoms with E-state index >= 15 is 0 Å². The van der Waals surface area contributed by atoms with E-state index in [0.29, 0.717) is 0 Å². The van der Waals surface area contributed by atoms with Crippen LogP contribution in [0.3, 0.4) is 0 Å². The molecular formula is C14H22N2OS. The summed E-state index contributed by atoms with van der Waals surface area (Å²) in [5, 5.41) is 6.10. The van der Waals surface area contributed by atoms with Crippen LogP contribution in [0.1, 0.15) is 29.3 Å². The molecule has 0 aliphatic heterocycles. The van der Waals surface area contributed by atoms with Crippen molar-refractivity contribution < 1.29 is 4.79 Å². The zero-order chi connectivity index (χ0) is 13.4. The van der Waals surface area contributed by atoms with E-state index in [1.165, 1.54) is 5.56 Å². The predicted octanol–water partition coefficient (Wildman–Crippen LogP) is 2.28. The SMILES string of the molecule is CNCc1ccc(C(=O)NC(C)CCSC)cc1. The van der Waals surface area contributed by atoms with Crippen LogP contribution in [0.4, 0.5) is 0 Å². The van der Waals surface area contributed by atoms with Crippen molar-refractivity contribution in [3.05, 3.63) is 35.4 Å².